The third-order valence-corrected chi connectivity index (χ3v) is 1.78. The number of hydrogen-bond acceptors (Lipinski definition) is 2. The van der Waals surface area contributed by atoms with Crippen molar-refractivity contribution in [1.29, 1.82) is 0 Å². The minimum absolute atomic E-state index is 0.331. The van der Waals surface area contributed by atoms with Crippen LogP contribution in [0.4, 0.5) is 0 Å². The van der Waals surface area contributed by atoms with Crippen molar-refractivity contribution in [3.8, 4) is 0 Å². The van der Waals surface area contributed by atoms with Gasteiger partial charge in [-0.3, -0.25) is 0 Å². The first kappa shape index (κ1) is 12.7. The molecule has 0 aliphatic carbocycles. The van der Waals surface area contributed by atoms with Crippen LogP contribution in [0.2, 0.25) is 0 Å². The zero-order valence-electron chi connectivity index (χ0n) is 9.18. The molecule has 0 aromatic rings. The molecule has 13 heavy (non-hydrogen) atoms. The zero-order valence-corrected chi connectivity index (χ0v) is 9.18. The van der Waals surface area contributed by atoms with Gasteiger partial charge in [0, 0.05) is 0 Å². The van der Waals surface area contributed by atoms with Crippen molar-refractivity contribution in [3.63, 3.8) is 0 Å². The van der Waals surface area contributed by atoms with Crippen LogP contribution in [0.5, 0.6) is 0 Å². The highest BCUT2D eigenvalue weighted by Gasteiger charge is 2.00. The largest absolute Gasteiger partial charge is 0.374 e. The van der Waals surface area contributed by atoms with Crippen LogP contribution in [0, 0.1) is 5.92 Å². The first-order valence-corrected chi connectivity index (χ1v) is 5.10. The molecule has 2 nitrogen and oxygen atoms in total. The highest BCUT2D eigenvalue weighted by Crippen LogP contribution is 1.96. The average Bonchev–Trinajstić information content (AvgIpc) is 2.08. The molecule has 0 aliphatic rings. The lowest BCUT2D eigenvalue weighted by Crippen LogP contribution is -2.24. The van der Waals surface area contributed by atoms with Crippen molar-refractivity contribution in [2.75, 3.05) is 19.7 Å². The zero-order chi connectivity index (χ0) is 10.1. The highest BCUT2D eigenvalue weighted by molar-refractivity contribution is 4.66. The SMILES string of the molecule is C=CCOC(C)CCNCC(C)C. The minimum Gasteiger partial charge on any atom is -0.374 e. The molecule has 0 aromatic carbocycles. The molecule has 1 N–H and O–H groups in total. The molecule has 0 saturated heterocycles. The van der Waals surface area contributed by atoms with Crippen molar-refractivity contribution < 1.29 is 4.74 Å². The Morgan fingerprint density at radius 2 is 2.08 bits per heavy atom. The van der Waals surface area contributed by atoms with E-state index in [0.717, 1.165) is 25.4 Å². The van der Waals surface area contributed by atoms with Crippen molar-refractivity contribution in [2.45, 2.75) is 33.3 Å². The molecule has 0 rings (SSSR count). The maximum Gasteiger partial charge on any atom is 0.0648 e. The second kappa shape index (κ2) is 8.27. The molecule has 0 radical (unpaired) electrons. The molecular formula is C11H23NO. The van der Waals surface area contributed by atoms with Crippen LogP contribution in [-0.2, 0) is 4.74 Å². The fourth-order valence-electron chi connectivity index (χ4n) is 1.01. The van der Waals surface area contributed by atoms with Crippen LogP contribution in [0.1, 0.15) is 27.2 Å². The summed E-state index contributed by atoms with van der Waals surface area (Å²) in [6.07, 6.45) is 3.19. The Morgan fingerprint density at radius 1 is 1.38 bits per heavy atom. The van der Waals surface area contributed by atoms with E-state index < -0.39 is 0 Å². The quantitative estimate of drug-likeness (QED) is 0.462. The standard InChI is InChI=1S/C11H23NO/c1-5-8-13-11(4)6-7-12-9-10(2)3/h5,10-12H,1,6-9H2,2-4H3. The number of rotatable bonds is 8. The van der Waals surface area contributed by atoms with Gasteiger partial charge >= 0.3 is 0 Å². The molecule has 78 valence electrons. The maximum absolute atomic E-state index is 5.44. The Morgan fingerprint density at radius 3 is 2.62 bits per heavy atom. The van der Waals surface area contributed by atoms with Gasteiger partial charge in [0.2, 0.25) is 0 Å². The summed E-state index contributed by atoms with van der Waals surface area (Å²) in [5.41, 5.74) is 0. The Labute approximate surface area is 82.4 Å². The lowest BCUT2D eigenvalue weighted by atomic mass is 10.2. The van der Waals surface area contributed by atoms with Gasteiger partial charge in [-0.1, -0.05) is 19.9 Å². The summed E-state index contributed by atoms with van der Waals surface area (Å²) in [5, 5.41) is 3.39. The molecule has 0 fully saturated rings. The summed E-state index contributed by atoms with van der Waals surface area (Å²) in [7, 11) is 0. The van der Waals surface area contributed by atoms with Crippen LogP contribution in [0.25, 0.3) is 0 Å². The lowest BCUT2D eigenvalue weighted by Gasteiger charge is -2.12. The van der Waals surface area contributed by atoms with E-state index in [2.05, 4.69) is 32.7 Å². The summed E-state index contributed by atoms with van der Waals surface area (Å²) in [4.78, 5) is 0. The van der Waals surface area contributed by atoms with E-state index in [0.29, 0.717) is 12.7 Å². The molecule has 0 amide bonds. The summed E-state index contributed by atoms with van der Waals surface area (Å²) in [6, 6.07) is 0. The predicted molar refractivity (Wildman–Crippen MR) is 57.9 cm³/mol. The van der Waals surface area contributed by atoms with Gasteiger partial charge in [0.05, 0.1) is 12.7 Å². The first-order chi connectivity index (χ1) is 6.16. The van der Waals surface area contributed by atoms with E-state index >= 15 is 0 Å². The summed E-state index contributed by atoms with van der Waals surface area (Å²) in [5.74, 6) is 0.726. The fraction of sp³-hybridized carbons (Fsp3) is 0.818. The Hall–Kier alpha value is -0.340. The van der Waals surface area contributed by atoms with E-state index in [9.17, 15) is 0 Å². The third-order valence-electron chi connectivity index (χ3n) is 1.78. The van der Waals surface area contributed by atoms with E-state index in [4.69, 9.17) is 4.74 Å². The normalized spacial score (nSPS) is 13.2. The molecule has 1 atom stereocenters. The number of nitrogens with one attached hydrogen (secondary N) is 1. The monoisotopic (exact) mass is 185 g/mol. The van der Waals surface area contributed by atoms with Crippen molar-refractivity contribution in [2.24, 2.45) is 5.92 Å². The van der Waals surface area contributed by atoms with Gasteiger partial charge in [-0.15, -0.1) is 6.58 Å². The van der Waals surface area contributed by atoms with Crippen molar-refractivity contribution in [3.05, 3.63) is 12.7 Å². The van der Waals surface area contributed by atoms with E-state index in [-0.39, 0.29) is 0 Å². The Bertz CT molecular complexity index is 123. The molecule has 1 unspecified atom stereocenters. The van der Waals surface area contributed by atoms with Gasteiger partial charge in [0.1, 0.15) is 0 Å². The predicted octanol–water partition coefficient (Wildman–Crippen LogP) is 2.21. The number of hydrogen-bond donors (Lipinski definition) is 1. The molecule has 2 heteroatoms. The van der Waals surface area contributed by atoms with Crippen molar-refractivity contribution >= 4 is 0 Å². The highest BCUT2D eigenvalue weighted by atomic mass is 16.5. The van der Waals surface area contributed by atoms with Crippen LogP contribution in [0.15, 0.2) is 12.7 Å². The van der Waals surface area contributed by atoms with Gasteiger partial charge in [0.25, 0.3) is 0 Å². The maximum atomic E-state index is 5.44. The van der Waals surface area contributed by atoms with E-state index in [1.807, 2.05) is 0 Å². The molecule has 0 aliphatic heterocycles. The van der Waals surface area contributed by atoms with E-state index in [1.165, 1.54) is 0 Å². The second-order valence-electron chi connectivity index (χ2n) is 3.82. The van der Waals surface area contributed by atoms with Crippen LogP contribution < -0.4 is 5.32 Å². The first-order valence-electron chi connectivity index (χ1n) is 5.10. The van der Waals surface area contributed by atoms with Crippen LogP contribution in [-0.4, -0.2) is 25.8 Å². The van der Waals surface area contributed by atoms with E-state index in [1.54, 1.807) is 6.08 Å². The summed E-state index contributed by atoms with van der Waals surface area (Å²) in [6.45, 7) is 12.9. The van der Waals surface area contributed by atoms with Gasteiger partial charge in [-0.05, 0) is 32.4 Å². The van der Waals surface area contributed by atoms with Gasteiger partial charge < -0.3 is 10.1 Å². The molecule has 0 bridgehead atoms. The molecule has 0 spiro atoms. The minimum atomic E-state index is 0.331. The smallest absolute Gasteiger partial charge is 0.0648 e. The van der Waals surface area contributed by atoms with Crippen LogP contribution in [0.3, 0.4) is 0 Å². The van der Waals surface area contributed by atoms with Crippen LogP contribution >= 0.6 is 0 Å². The summed E-state index contributed by atoms with van der Waals surface area (Å²) < 4.78 is 5.44. The number of ether oxygens (including phenoxy) is 1. The van der Waals surface area contributed by atoms with Gasteiger partial charge in [-0.25, -0.2) is 0 Å². The fourth-order valence-corrected chi connectivity index (χ4v) is 1.01. The molecule has 0 heterocycles. The molecular weight excluding hydrogens is 162 g/mol. The van der Waals surface area contributed by atoms with Gasteiger partial charge in [0.15, 0.2) is 0 Å². The topological polar surface area (TPSA) is 21.3 Å². The Kier molecular flexibility index (Phi) is 8.05. The molecule has 0 saturated carbocycles. The third kappa shape index (κ3) is 9.57. The Balaban J connectivity index is 3.16. The molecule has 0 aromatic heterocycles. The van der Waals surface area contributed by atoms with Crippen molar-refractivity contribution in [1.82, 2.24) is 5.32 Å². The summed E-state index contributed by atoms with van der Waals surface area (Å²) >= 11 is 0. The second-order valence-corrected chi connectivity index (χ2v) is 3.82. The average molecular weight is 185 g/mol. The van der Waals surface area contributed by atoms with Gasteiger partial charge in [-0.2, -0.15) is 0 Å². The lowest BCUT2D eigenvalue weighted by molar-refractivity contribution is 0.0820.